The quantitative estimate of drug-likeness (QED) is 0.370. The van der Waals surface area contributed by atoms with E-state index in [1.165, 1.54) is 179 Å². The summed E-state index contributed by atoms with van der Waals surface area (Å²) in [5, 5.41) is 10.9. The van der Waals surface area contributed by atoms with E-state index in [4.69, 9.17) is 0 Å². The van der Waals surface area contributed by atoms with Crippen LogP contribution < -0.4 is 0 Å². The highest BCUT2D eigenvalue weighted by Gasteiger charge is 2.37. The van der Waals surface area contributed by atoms with Crippen molar-refractivity contribution >= 4 is 5.97 Å². The van der Waals surface area contributed by atoms with Gasteiger partial charge in [-0.3, -0.25) is 0 Å². The second kappa shape index (κ2) is 18.5. The van der Waals surface area contributed by atoms with Gasteiger partial charge in [-0.2, -0.15) is 0 Å². The van der Waals surface area contributed by atoms with E-state index in [-0.39, 0.29) is 5.92 Å². The number of carboxylic acids is 1. The van der Waals surface area contributed by atoms with Gasteiger partial charge in [-0.1, -0.05) is 140 Å². The van der Waals surface area contributed by atoms with Crippen LogP contribution in [0.4, 0.5) is 0 Å². The molecule has 3 rings (SSSR count). The average Bonchev–Trinajstić information content (AvgIpc) is 2.91. The number of carbonyl (C=O) groups is 1. The fourth-order valence-electron chi connectivity index (χ4n) is 8.29. The van der Waals surface area contributed by atoms with E-state index in [0.717, 1.165) is 5.57 Å². The van der Waals surface area contributed by atoms with Crippen LogP contribution in [0.15, 0.2) is 11.1 Å². The van der Waals surface area contributed by atoms with Crippen molar-refractivity contribution in [1.29, 1.82) is 0 Å². The van der Waals surface area contributed by atoms with Gasteiger partial charge in [0.15, 0.2) is 0 Å². The van der Waals surface area contributed by atoms with E-state index in [2.05, 4.69) is 6.92 Å². The predicted molar refractivity (Wildman–Crippen MR) is 159 cm³/mol. The molecule has 3 aliphatic carbocycles. The van der Waals surface area contributed by atoms with Crippen molar-refractivity contribution < 1.29 is 9.90 Å². The van der Waals surface area contributed by atoms with E-state index >= 15 is 0 Å². The average molecular weight is 515 g/mol. The number of aliphatic carboxylic acids is 1. The summed E-state index contributed by atoms with van der Waals surface area (Å²) in [4.78, 5) is 13.3. The van der Waals surface area contributed by atoms with Gasteiger partial charge < -0.3 is 5.11 Å². The first-order valence-electron chi connectivity index (χ1n) is 17.1. The second-order valence-corrected chi connectivity index (χ2v) is 13.3. The smallest absolute Gasteiger partial charge is 0.331 e. The van der Waals surface area contributed by atoms with Crippen molar-refractivity contribution in [2.75, 3.05) is 0 Å². The van der Waals surface area contributed by atoms with Crippen LogP contribution in [0.25, 0.3) is 0 Å². The topological polar surface area (TPSA) is 37.3 Å². The van der Waals surface area contributed by atoms with Crippen LogP contribution in [0.2, 0.25) is 0 Å². The first-order valence-corrected chi connectivity index (χ1v) is 17.1. The molecule has 0 atom stereocenters. The van der Waals surface area contributed by atoms with Crippen molar-refractivity contribution in [2.24, 2.45) is 23.7 Å². The maximum absolute atomic E-state index is 13.3. The van der Waals surface area contributed by atoms with E-state index in [9.17, 15) is 9.90 Å². The molecule has 0 unspecified atom stereocenters. The minimum Gasteiger partial charge on any atom is -0.478 e. The maximum atomic E-state index is 13.3. The molecular weight excluding hydrogens is 452 g/mol. The molecule has 0 bridgehead atoms. The fraction of sp³-hybridized carbons (Fsp3) is 0.914. The largest absolute Gasteiger partial charge is 0.478 e. The standard InChI is InChI=1S/C35H62O2/c1-29(30-23-17-11-5-2-6-12-18-24-30)33(35(36)37)34(31-25-19-13-7-3-8-14-20-26-31)32-27-21-15-9-4-10-16-22-28-32/h30-32,34H,2-28H2,1H3,(H,36,37). The van der Waals surface area contributed by atoms with Crippen molar-refractivity contribution in [3.05, 3.63) is 11.1 Å². The number of hydrogen-bond donors (Lipinski definition) is 1. The molecule has 0 amide bonds. The molecule has 1 N–H and O–H groups in total. The first kappa shape index (κ1) is 30.7. The maximum Gasteiger partial charge on any atom is 0.331 e. The lowest BCUT2D eigenvalue weighted by Gasteiger charge is -2.37. The van der Waals surface area contributed by atoms with Crippen LogP contribution in [0.1, 0.15) is 180 Å². The summed E-state index contributed by atoms with van der Waals surface area (Å²) >= 11 is 0. The minimum absolute atomic E-state index is 0.284. The number of hydrogen-bond acceptors (Lipinski definition) is 1. The zero-order valence-electron chi connectivity index (χ0n) is 24.8. The summed E-state index contributed by atoms with van der Waals surface area (Å²) in [6.45, 7) is 2.27. The van der Waals surface area contributed by atoms with E-state index in [1.807, 2.05) is 0 Å². The van der Waals surface area contributed by atoms with Crippen LogP contribution >= 0.6 is 0 Å². The summed E-state index contributed by atoms with van der Waals surface area (Å²) < 4.78 is 0. The second-order valence-electron chi connectivity index (χ2n) is 13.3. The minimum atomic E-state index is -0.561. The van der Waals surface area contributed by atoms with Gasteiger partial charge >= 0.3 is 5.97 Å². The molecule has 0 radical (unpaired) electrons. The SMILES string of the molecule is CC(=C(C(=O)O)C(C1CCCCCCCCC1)C1CCCCCCCCC1)C1CCCCCCCCC1. The Hall–Kier alpha value is -0.790. The molecule has 0 spiro atoms. The van der Waals surface area contributed by atoms with Gasteiger partial charge in [-0.25, -0.2) is 4.79 Å². The van der Waals surface area contributed by atoms with Crippen molar-refractivity contribution in [1.82, 2.24) is 0 Å². The Bertz CT molecular complexity index is 594. The van der Waals surface area contributed by atoms with Crippen molar-refractivity contribution in [3.63, 3.8) is 0 Å². The monoisotopic (exact) mass is 514 g/mol. The summed E-state index contributed by atoms with van der Waals surface area (Å²) in [5.74, 6) is 1.37. The normalized spacial score (nSPS) is 25.2. The van der Waals surface area contributed by atoms with Crippen LogP contribution in [0.3, 0.4) is 0 Å². The molecule has 2 nitrogen and oxygen atoms in total. The highest BCUT2D eigenvalue weighted by atomic mass is 16.4. The zero-order valence-corrected chi connectivity index (χ0v) is 24.8. The van der Waals surface area contributed by atoms with Gasteiger partial charge in [-0.05, 0) is 69.1 Å². The first-order chi connectivity index (χ1) is 18.2. The lowest BCUT2D eigenvalue weighted by molar-refractivity contribution is -0.134. The van der Waals surface area contributed by atoms with Crippen LogP contribution in [0.5, 0.6) is 0 Å². The highest BCUT2D eigenvalue weighted by molar-refractivity contribution is 5.88. The Morgan fingerprint density at radius 3 is 1.05 bits per heavy atom. The van der Waals surface area contributed by atoms with Gasteiger partial charge in [0.2, 0.25) is 0 Å². The summed E-state index contributed by atoms with van der Waals surface area (Å²) in [7, 11) is 0. The molecule has 3 aliphatic rings. The van der Waals surface area contributed by atoms with Crippen LogP contribution in [0, 0.1) is 23.7 Å². The molecule has 0 saturated heterocycles. The molecule has 0 heterocycles. The molecule has 0 aromatic carbocycles. The Balaban J connectivity index is 1.95. The highest BCUT2D eigenvalue weighted by Crippen LogP contribution is 2.44. The molecule has 0 aromatic heterocycles. The molecule has 214 valence electrons. The molecule has 3 saturated carbocycles. The number of allylic oxidation sites excluding steroid dienone is 1. The third-order valence-corrected chi connectivity index (χ3v) is 10.5. The Labute approximate surface area is 230 Å². The van der Waals surface area contributed by atoms with Crippen molar-refractivity contribution in [2.45, 2.75) is 180 Å². The lowest BCUT2D eigenvalue weighted by atomic mass is 9.67. The van der Waals surface area contributed by atoms with Crippen molar-refractivity contribution in [3.8, 4) is 0 Å². The Morgan fingerprint density at radius 2 is 0.757 bits per heavy atom. The third kappa shape index (κ3) is 11.1. The fourth-order valence-corrected chi connectivity index (χ4v) is 8.29. The van der Waals surface area contributed by atoms with Gasteiger partial charge in [0.05, 0.1) is 0 Å². The Kier molecular flexibility index (Phi) is 15.4. The van der Waals surface area contributed by atoms with E-state index < -0.39 is 5.97 Å². The molecule has 2 heteroatoms. The predicted octanol–water partition coefficient (Wildman–Crippen LogP) is 11.4. The molecule has 3 fully saturated rings. The number of carboxylic acid groups (broad SMARTS) is 1. The molecule has 0 aliphatic heterocycles. The van der Waals surface area contributed by atoms with Crippen LogP contribution in [-0.4, -0.2) is 11.1 Å². The summed E-state index contributed by atoms with van der Waals surface area (Å²) in [6.07, 6.45) is 35.8. The van der Waals surface area contributed by atoms with Gasteiger partial charge in [0.1, 0.15) is 0 Å². The number of rotatable bonds is 5. The van der Waals surface area contributed by atoms with Gasteiger partial charge in [-0.15, -0.1) is 0 Å². The van der Waals surface area contributed by atoms with Gasteiger partial charge in [0, 0.05) is 5.57 Å². The zero-order chi connectivity index (χ0) is 26.1. The summed E-state index contributed by atoms with van der Waals surface area (Å²) in [6, 6.07) is 0. The lowest BCUT2D eigenvalue weighted by Crippen LogP contribution is -2.31. The van der Waals surface area contributed by atoms with E-state index in [0.29, 0.717) is 17.8 Å². The van der Waals surface area contributed by atoms with Crippen LogP contribution in [-0.2, 0) is 4.79 Å². The van der Waals surface area contributed by atoms with Gasteiger partial charge in [0.25, 0.3) is 0 Å². The molecule has 37 heavy (non-hydrogen) atoms. The molecule has 0 aromatic rings. The van der Waals surface area contributed by atoms with E-state index in [1.54, 1.807) is 0 Å². The summed E-state index contributed by atoms with van der Waals surface area (Å²) in [5.41, 5.74) is 2.21. The Morgan fingerprint density at radius 1 is 0.486 bits per heavy atom. The third-order valence-electron chi connectivity index (χ3n) is 10.5. The molecular formula is C35H62O2.